The van der Waals surface area contributed by atoms with Crippen molar-refractivity contribution >= 4 is 29.2 Å². The number of piperidine rings is 1. The number of nitrogens with zero attached hydrogens (tertiary/aromatic N) is 5. The predicted molar refractivity (Wildman–Crippen MR) is 118 cm³/mol. The van der Waals surface area contributed by atoms with Gasteiger partial charge in [-0.3, -0.25) is 9.59 Å². The zero-order chi connectivity index (χ0) is 25.0. The largest absolute Gasteiger partial charge is 0.451 e. The van der Waals surface area contributed by atoms with E-state index in [1.165, 1.54) is 19.3 Å². The number of hydrogen-bond acceptors (Lipinski definition) is 7. The van der Waals surface area contributed by atoms with Gasteiger partial charge in [0.1, 0.15) is 11.9 Å². The number of rotatable bonds is 6. The molecule has 0 radical (unpaired) electrons. The quantitative estimate of drug-likeness (QED) is 0.625. The number of halogens is 4. The second-order valence-corrected chi connectivity index (χ2v) is 8.55. The number of carbonyl (C=O) groups is 2. The number of alkyl halides is 3. The van der Waals surface area contributed by atoms with E-state index < -0.39 is 23.9 Å². The molecule has 1 aliphatic rings. The lowest BCUT2D eigenvalue weighted by atomic mass is 9.90. The van der Waals surface area contributed by atoms with Crippen LogP contribution in [0.1, 0.15) is 53.8 Å². The van der Waals surface area contributed by atoms with E-state index in [-0.39, 0.29) is 34.2 Å². The van der Waals surface area contributed by atoms with Crippen LogP contribution < -0.4 is 11.1 Å². The van der Waals surface area contributed by atoms with Crippen LogP contribution in [0.4, 0.5) is 19.0 Å². The van der Waals surface area contributed by atoms with Gasteiger partial charge in [-0.05, 0) is 45.4 Å². The van der Waals surface area contributed by atoms with Crippen LogP contribution in [-0.2, 0) is 17.4 Å². The fraction of sp³-hybridized carbons (Fsp3) is 0.524. The fourth-order valence-corrected chi connectivity index (χ4v) is 4.11. The van der Waals surface area contributed by atoms with Gasteiger partial charge in [0, 0.05) is 36.7 Å². The zero-order valence-corrected chi connectivity index (χ0v) is 19.4. The van der Waals surface area contributed by atoms with Crippen molar-refractivity contribution in [3.8, 4) is 0 Å². The lowest BCUT2D eigenvalue weighted by molar-refractivity contribution is -0.145. The molecule has 0 unspecified atom stereocenters. The van der Waals surface area contributed by atoms with Crippen molar-refractivity contribution in [1.29, 1.82) is 0 Å². The molecule has 1 saturated heterocycles. The van der Waals surface area contributed by atoms with Gasteiger partial charge in [-0.2, -0.15) is 13.2 Å². The monoisotopic (exact) mass is 499 g/mol. The Morgan fingerprint density at radius 2 is 1.88 bits per heavy atom. The van der Waals surface area contributed by atoms with Crippen molar-refractivity contribution in [2.24, 2.45) is 5.92 Å². The van der Waals surface area contributed by atoms with E-state index in [9.17, 15) is 22.8 Å². The third-order valence-corrected chi connectivity index (χ3v) is 6.09. The Labute approximate surface area is 199 Å². The second-order valence-electron chi connectivity index (χ2n) is 8.19. The second kappa shape index (κ2) is 10.5. The van der Waals surface area contributed by atoms with E-state index in [0.717, 1.165) is 12.8 Å². The average molecular weight is 500 g/mol. The summed E-state index contributed by atoms with van der Waals surface area (Å²) in [6, 6.07) is -0.770. The highest BCUT2D eigenvalue weighted by Crippen LogP contribution is 2.30. The maximum absolute atomic E-state index is 12.8. The molecular weight excluding hydrogens is 475 g/mol. The molecule has 2 amide bonds. The summed E-state index contributed by atoms with van der Waals surface area (Å²) in [5, 5.41) is 2.55. The van der Waals surface area contributed by atoms with Crippen molar-refractivity contribution < 1.29 is 22.8 Å². The molecule has 34 heavy (non-hydrogen) atoms. The van der Waals surface area contributed by atoms with Crippen molar-refractivity contribution in [2.45, 2.75) is 51.7 Å². The highest BCUT2D eigenvalue weighted by molar-refractivity contribution is 6.32. The first kappa shape index (κ1) is 25.6. The molecule has 1 atom stereocenters. The van der Waals surface area contributed by atoms with Gasteiger partial charge in [0.15, 0.2) is 10.8 Å². The highest BCUT2D eigenvalue weighted by atomic mass is 35.5. The summed E-state index contributed by atoms with van der Waals surface area (Å²) >= 11 is 5.87. The first-order chi connectivity index (χ1) is 16.0. The first-order valence-electron chi connectivity index (χ1n) is 10.7. The Kier molecular flexibility index (Phi) is 7.90. The van der Waals surface area contributed by atoms with Gasteiger partial charge >= 0.3 is 6.18 Å². The standard InChI is InChI=1S/C21H25ClF3N7O2/c1-11-14(17(26)31-20(30-11)21(23,24)25)4-3-13-5-9-32(10-6-13)19(34)12(2)29-18(33)15-16(22)28-8-7-27-15/h7-8,12-13H,3-6,9-10H2,1-2H3,(H,29,33)(H2,26,30,31)/t12-/m0/s1. The summed E-state index contributed by atoms with van der Waals surface area (Å²) in [7, 11) is 0. The van der Waals surface area contributed by atoms with Gasteiger partial charge in [0.25, 0.3) is 5.91 Å². The van der Waals surface area contributed by atoms with E-state index in [2.05, 4.69) is 25.3 Å². The van der Waals surface area contributed by atoms with Gasteiger partial charge in [0.2, 0.25) is 11.7 Å². The van der Waals surface area contributed by atoms with Gasteiger partial charge < -0.3 is 16.0 Å². The summed E-state index contributed by atoms with van der Waals surface area (Å²) in [5.41, 5.74) is 6.46. The van der Waals surface area contributed by atoms with Crippen LogP contribution in [0.2, 0.25) is 5.15 Å². The molecule has 1 fully saturated rings. The van der Waals surface area contributed by atoms with E-state index in [0.29, 0.717) is 31.5 Å². The molecule has 0 aromatic carbocycles. The molecule has 2 aromatic heterocycles. The summed E-state index contributed by atoms with van der Waals surface area (Å²) in [6.45, 7) is 4.10. The molecule has 3 rings (SSSR count). The number of nitrogen functional groups attached to an aromatic ring is 1. The number of likely N-dealkylation sites (tertiary alicyclic amines) is 1. The average Bonchev–Trinajstić information content (AvgIpc) is 2.78. The van der Waals surface area contributed by atoms with E-state index in [1.54, 1.807) is 11.8 Å². The topological polar surface area (TPSA) is 127 Å². The Balaban J connectivity index is 1.50. The van der Waals surface area contributed by atoms with Gasteiger partial charge in [0.05, 0.1) is 0 Å². The van der Waals surface area contributed by atoms with Crippen molar-refractivity contribution in [2.75, 3.05) is 18.8 Å². The number of amides is 2. The minimum absolute atomic E-state index is 0.0465. The minimum Gasteiger partial charge on any atom is -0.383 e. The molecule has 0 saturated carbocycles. The van der Waals surface area contributed by atoms with Crippen LogP contribution in [0, 0.1) is 12.8 Å². The van der Waals surface area contributed by atoms with Crippen molar-refractivity contribution in [3.05, 3.63) is 40.3 Å². The third kappa shape index (κ3) is 6.10. The van der Waals surface area contributed by atoms with Crippen LogP contribution in [0.5, 0.6) is 0 Å². The molecule has 0 bridgehead atoms. The molecule has 3 N–H and O–H groups in total. The predicted octanol–water partition coefficient (Wildman–Crippen LogP) is 2.82. The molecule has 2 aromatic rings. The number of carbonyl (C=O) groups excluding carboxylic acids is 2. The number of aryl methyl sites for hydroxylation is 1. The molecule has 9 nitrogen and oxygen atoms in total. The first-order valence-corrected chi connectivity index (χ1v) is 11.1. The number of nitrogens with one attached hydrogen (secondary N) is 1. The van der Waals surface area contributed by atoms with E-state index in [1.807, 2.05) is 0 Å². The number of anilines is 1. The Bertz CT molecular complexity index is 1040. The molecule has 0 aliphatic carbocycles. The van der Waals surface area contributed by atoms with Crippen LogP contribution in [0.25, 0.3) is 0 Å². The molecule has 1 aliphatic heterocycles. The van der Waals surface area contributed by atoms with Crippen molar-refractivity contribution in [3.63, 3.8) is 0 Å². The highest BCUT2D eigenvalue weighted by Gasteiger charge is 2.36. The van der Waals surface area contributed by atoms with Gasteiger partial charge in [-0.25, -0.2) is 19.9 Å². The van der Waals surface area contributed by atoms with Gasteiger partial charge in [-0.1, -0.05) is 11.6 Å². The minimum atomic E-state index is -4.64. The Morgan fingerprint density at radius 3 is 2.47 bits per heavy atom. The molecule has 184 valence electrons. The smallest absolute Gasteiger partial charge is 0.383 e. The SMILES string of the molecule is Cc1nc(C(F)(F)F)nc(N)c1CCC1CCN(C(=O)[C@H](C)NC(=O)c2nccnc2Cl)CC1. The zero-order valence-electron chi connectivity index (χ0n) is 18.7. The van der Waals surface area contributed by atoms with Crippen LogP contribution in [0.15, 0.2) is 12.4 Å². The lowest BCUT2D eigenvalue weighted by Crippen LogP contribution is -2.49. The number of aromatic nitrogens is 4. The Morgan fingerprint density at radius 1 is 1.24 bits per heavy atom. The van der Waals surface area contributed by atoms with Gasteiger partial charge in [-0.15, -0.1) is 0 Å². The maximum atomic E-state index is 12.8. The fourth-order valence-electron chi connectivity index (χ4n) is 3.92. The van der Waals surface area contributed by atoms with Crippen molar-refractivity contribution in [1.82, 2.24) is 30.2 Å². The summed E-state index contributed by atoms with van der Waals surface area (Å²) in [6.07, 6.45) is 0.654. The van der Waals surface area contributed by atoms with Crippen LogP contribution >= 0.6 is 11.6 Å². The van der Waals surface area contributed by atoms with Crippen LogP contribution in [0.3, 0.4) is 0 Å². The third-order valence-electron chi connectivity index (χ3n) is 5.81. The summed E-state index contributed by atoms with van der Waals surface area (Å²) in [5.74, 6) is -1.92. The number of nitrogens with two attached hydrogens (primary N) is 1. The molecule has 0 spiro atoms. The molecular formula is C21H25ClF3N7O2. The molecule has 3 heterocycles. The summed E-state index contributed by atoms with van der Waals surface area (Å²) in [4.78, 5) is 41.4. The lowest BCUT2D eigenvalue weighted by Gasteiger charge is -2.33. The van der Waals surface area contributed by atoms with E-state index in [4.69, 9.17) is 17.3 Å². The number of hydrogen-bond donors (Lipinski definition) is 2. The molecule has 13 heteroatoms. The normalized spacial score (nSPS) is 15.8. The summed E-state index contributed by atoms with van der Waals surface area (Å²) < 4.78 is 38.5. The van der Waals surface area contributed by atoms with Crippen LogP contribution in [-0.4, -0.2) is 55.8 Å². The maximum Gasteiger partial charge on any atom is 0.451 e. The van der Waals surface area contributed by atoms with E-state index >= 15 is 0 Å². The Hall–Kier alpha value is -3.02.